The Morgan fingerprint density at radius 2 is 2.31 bits per heavy atom. The van der Waals surface area contributed by atoms with Crippen molar-refractivity contribution in [2.45, 2.75) is 12.8 Å². The Hall–Kier alpha value is -1.21. The molecular weight excluding hydrogens is 198 g/mol. The van der Waals surface area contributed by atoms with Crippen molar-refractivity contribution in [3.05, 3.63) is 28.5 Å². The summed E-state index contributed by atoms with van der Waals surface area (Å²) >= 11 is 5.54. The van der Waals surface area contributed by atoms with E-state index in [9.17, 15) is 8.78 Å². The van der Waals surface area contributed by atoms with E-state index in [2.05, 4.69) is 4.98 Å². The average molecular weight is 203 g/mol. The molecular formula is C8H5ClF2N2. The lowest BCUT2D eigenvalue weighted by Gasteiger charge is -2.04. The second-order valence-corrected chi connectivity index (χ2v) is 2.77. The minimum atomic E-state index is -2.67. The second kappa shape index (κ2) is 4.15. The Kier molecular flexibility index (Phi) is 3.15. The molecule has 0 saturated carbocycles. The Morgan fingerprint density at radius 1 is 1.62 bits per heavy atom. The summed E-state index contributed by atoms with van der Waals surface area (Å²) in [4.78, 5) is 3.46. The molecule has 0 aliphatic rings. The normalized spacial score (nSPS) is 10.1. The fourth-order valence-electron chi connectivity index (χ4n) is 0.915. The highest BCUT2D eigenvalue weighted by Crippen LogP contribution is 2.23. The molecule has 0 saturated heterocycles. The molecule has 2 nitrogen and oxygen atoms in total. The highest BCUT2D eigenvalue weighted by Gasteiger charge is 2.14. The van der Waals surface area contributed by atoms with E-state index >= 15 is 0 Å². The SMILES string of the molecule is N#CCc1cc(Cl)cnc1C(F)F. The third kappa shape index (κ3) is 2.36. The van der Waals surface area contributed by atoms with Crippen LogP contribution in [-0.2, 0) is 6.42 Å². The van der Waals surface area contributed by atoms with E-state index in [1.54, 1.807) is 6.07 Å². The summed E-state index contributed by atoms with van der Waals surface area (Å²) < 4.78 is 24.5. The lowest BCUT2D eigenvalue weighted by Crippen LogP contribution is -1.97. The smallest absolute Gasteiger partial charge is 0.253 e. The number of hydrogen-bond donors (Lipinski definition) is 0. The fraction of sp³-hybridized carbons (Fsp3) is 0.250. The first kappa shape index (κ1) is 9.87. The first-order valence-electron chi connectivity index (χ1n) is 3.44. The van der Waals surface area contributed by atoms with Crippen LogP contribution in [-0.4, -0.2) is 4.98 Å². The van der Waals surface area contributed by atoms with Crippen molar-refractivity contribution >= 4 is 11.6 Å². The minimum Gasteiger partial charge on any atom is -0.253 e. The Bertz CT molecular complexity index is 346. The number of halogens is 3. The van der Waals surface area contributed by atoms with Crippen LogP contribution < -0.4 is 0 Å². The molecule has 68 valence electrons. The van der Waals surface area contributed by atoms with Gasteiger partial charge in [0.2, 0.25) is 0 Å². The molecule has 0 aliphatic heterocycles. The van der Waals surface area contributed by atoms with E-state index in [4.69, 9.17) is 16.9 Å². The third-order valence-electron chi connectivity index (χ3n) is 1.44. The minimum absolute atomic E-state index is 0.104. The molecule has 1 aromatic rings. The Morgan fingerprint density at radius 3 is 2.85 bits per heavy atom. The molecule has 0 aromatic carbocycles. The van der Waals surface area contributed by atoms with Crippen LogP contribution in [0.25, 0.3) is 0 Å². The number of rotatable bonds is 2. The van der Waals surface area contributed by atoms with Crippen LogP contribution in [0.15, 0.2) is 12.3 Å². The van der Waals surface area contributed by atoms with Crippen molar-refractivity contribution in [3.8, 4) is 6.07 Å². The van der Waals surface area contributed by atoms with Gasteiger partial charge in [-0.15, -0.1) is 0 Å². The standard InChI is InChI=1S/C8H5ClF2N2/c9-6-3-5(1-2-12)7(8(10)11)13-4-6/h3-4,8H,1H2. The van der Waals surface area contributed by atoms with Gasteiger partial charge >= 0.3 is 0 Å². The maximum Gasteiger partial charge on any atom is 0.280 e. The lowest BCUT2D eigenvalue weighted by atomic mass is 10.1. The van der Waals surface area contributed by atoms with Crippen LogP contribution in [0.2, 0.25) is 5.02 Å². The summed E-state index contributed by atoms with van der Waals surface area (Å²) in [5, 5.41) is 8.61. The topological polar surface area (TPSA) is 36.7 Å². The van der Waals surface area contributed by atoms with Gasteiger partial charge in [0.1, 0.15) is 5.69 Å². The van der Waals surface area contributed by atoms with Gasteiger partial charge in [-0.05, 0) is 11.6 Å². The highest BCUT2D eigenvalue weighted by atomic mass is 35.5. The summed E-state index contributed by atoms with van der Waals surface area (Å²) in [6.45, 7) is 0. The number of nitriles is 1. The monoisotopic (exact) mass is 202 g/mol. The molecule has 1 rings (SSSR count). The largest absolute Gasteiger partial charge is 0.280 e. The molecule has 0 N–H and O–H groups in total. The molecule has 0 amide bonds. The van der Waals surface area contributed by atoms with Gasteiger partial charge in [0.15, 0.2) is 0 Å². The van der Waals surface area contributed by atoms with Gasteiger partial charge in [-0.25, -0.2) is 8.78 Å². The highest BCUT2D eigenvalue weighted by molar-refractivity contribution is 6.30. The molecule has 1 aromatic heterocycles. The maximum absolute atomic E-state index is 12.3. The van der Waals surface area contributed by atoms with Gasteiger partial charge in [0.05, 0.1) is 17.5 Å². The van der Waals surface area contributed by atoms with Crippen molar-refractivity contribution in [3.63, 3.8) is 0 Å². The van der Waals surface area contributed by atoms with Crippen LogP contribution in [0.5, 0.6) is 0 Å². The molecule has 0 spiro atoms. The van der Waals surface area contributed by atoms with Crippen LogP contribution in [0.4, 0.5) is 8.78 Å². The van der Waals surface area contributed by atoms with Crippen LogP contribution in [0, 0.1) is 11.3 Å². The van der Waals surface area contributed by atoms with Crippen LogP contribution in [0.1, 0.15) is 17.7 Å². The van der Waals surface area contributed by atoms with Gasteiger partial charge in [-0.1, -0.05) is 11.6 Å². The molecule has 0 unspecified atom stereocenters. The molecule has 5 heteroatoms. The molecule has 1 heterocycles. The van der Waals surface area contributed by atoms with E-state index < -0.39 is 6.43 Å². The van der Waals surface area contributed by atoms with E-state index in [-0.39, 0.29) is 22.7 Å². The summed E-state index contributed by atoms with van der Waals surface area (Å²) in [5.41, 5.74) is -0.184. The zero-order chi connectivity index (χ0) is 9.84. The fourth-order valence-corrected chi connectivity index (χ4v) is 1.10. The average Bonchev–Trinajstić information content (AvgIpc) is 2.04. The predicted molar refractivity (Wildman–Crippen MR) is 43.5 cm³/mol. The number of pyridine rings is 1. The van der Waals surface area contributed by atoms with Gasteiger partial charge in [-0.2, -0.15) is 5.26 Å². The molecule has 0 bridgehead atoms. The van der Waals surface area contributed by atoms with Gasteiger partial charge in [0, 0.05) is 6.20 Å². The third-order valence-corrected chi connectivity index (χ3v) is 1.65. The van der Waals surface area contributed by atoms with Gasteiger partial charge in [-0.3, -0.25) is 4.98 Å². The first-order chi connectivity index (χ1) is 6.15. The first-order valence-corrected chi connectivity index (χ1v) is 3.82. The number of hydrogen-bond acceptors (Lipinski definition) is 2. The van der Waals surface area contributed by atoms with Crippen molar-refractivity contribution in [1.29, 1.82) is 5.26 Å². The van der Waals surface area contributed by atoms with E-state index in [0.717, 1.165) is 6.20 Å². The zero-order valence-electron chi connectivity index (χ0n) is 6.47. The molecule has 0 fully saturated rings. The predicted octanol–water partition coefficient (Wildman–Crippen LogP) is 2.74. The quantitative estimate of drug-likeness (QED) is 0.740. The van der Waals surface area contributed by atoms with Crippen LogP contribution in [0.3, 0.4) is 0 Å². The van der Waals surface area contributed by atoms with Gasteiger partial charge in [0.25, 0.3) is 6.43 Å². The Balaban J connectivity index is 3.12. The second-order valence-electron chi connectivity index (χ2n) is 2.33. The summed E-state index contributed by atoms with van der Waals surface area (Å²) in [7, 11) is 0. The lowest BCUT2D eigenvalue weighted by molar-refractivity contribution is 0.145. The molecule has 0 radical (unpaired) electrons. The van der Waals surface area contributed by atoms with E-state index in [1.165, 1.54) is 6.07 Å². The van der Waals surface area contributed by atoms with Crippen molar-refractivity contribution in [2.24, 2.45) is 0 Å². The van der Waals surface area contributed by atoms with E-state index in [1.807, 2.05) is 0 Å². The summed E-state index contributed by atoms with van der Waals surface area (Å²) in [6, 6.07) is 3.11. The maximum atomic E-state index is 12.3. The van der Waals surface area contributed by atoms with Crippen molar-refractivity contribution < 1.29 is 8.78 Å². The molecule has 0 atom stereocenters. The zero-order valence-corrected chi connectivity index (χ0v) is 7.22. The number of nitrogens with zero attached hydrogens (tertiary/aromatic N) is 2. The molecule has 0 aliphatic carbocycles. The van der Waals surface area contributed by atoms with Crippen molar-refractivity contribution in [1.82, 2.24) is 4.98 Å². The molecule has 13 heavy (non-hydrogen) atoms. The van der Waals surface area contributed by atoms with Crippen LogP contribution >= 0.6 is 11.6 Å². The number of aromatic nitrogens is 1. The Labute approximate surface area is 78.8 Å². The summed E-state index contributed by atoms with van der Waals surface area (Å²) in [5.74, 6) is 0. The number of alkyl halides is 2. The summed E-state index contributed by atoms with van der Waals surface area (Å²) in [6.07, 6.45) is -1.63. The van der Waals surface area contributed by atoms with Gasteiger partial charge < -0.3 is 0 Å². The van der Waals surface area contributed by atoms with Crippen molar-refractivity contribution in [2.75, 3.05) is 0 Å². The van der Waals surface area contributed by atoms with E-state index in [0.29, 0.717) is 0 Å².